The van der Waals surface area contributed by atoms with Crippen LogP contribution in [0.15, 0.2) is 4.99 Å². The molecule has 0 radical (unpaired) electrons. The molecule has 0 aromatic rings. The van der Waals surface area contributed by atoms with Gasteiger partial charge >= 0.3 is 0 Å². The number of aliphatic imine (C=N–C) groups is 1. The lowest BCUT2D eigenvalue weighted by Gasteiger charge is -2.28. The predicted molar refractivity (Wildman–Crippen MR) is 64.7 cm³/mol. The number of nitriles is 2. The molecule has 0 atom stereocenters. The molecule has 0 saturated heterocycles. The Morgan fingerprint density at radius 1 is 1.12 bits per heavy atom. The summed E-state index contributed by atoms with van der Waals surface area (Å²) < 4.78 is 0.767. The maximum atomic E-state index is 7.10. The minimum atomic E-state index is 0.767. The van der Waals surface area contributed by atoms with E-state index in [1.807, 2.05) is 26.0 Å². The van der Waals surface area contributed by atoms with E-state index in [4.69, 9.17) is 10.5 Å². The van der Waals surface area contributed by atoms with E-state index in [1.165, 1.54) is 12.4 Å². The van der Waals surface area contributed by atoms with Gasteiger partial charge < -0.3 is 16.4 Å². The molecule has 4 N–H and O–H groups in total. The Kier molecular flexibility index (Phi) is 13.6. The summed E-state index contributed by atoms with van der Waals surface area (Å²) in [4.78, 5) is 6.20. The van der Waals surface area contributed by atoms with Crippen molar-refractivity contribution in [2.75, 3.05) is 42.3 Å². The van der Waals surface area contributed by atoms with Crippen LogP contribution in [0, 0.1) is 22.9 Å². The molecule has 0 unspecified atom stereocenters. The van der Waals surface area contributed by atoms with Gasteiger partial charge in [-0.05, 0) is 0 Å². The first kappa shape index (κ1) is 19.6. The second kappa shape index (κ2) is 11.1. The summed E-state index contributed by atoms with van der Waals surface area (Å²) in [6, 6.07) is 0. The zero-order valence-corrected chi connectivity index (χ0v) is 10.9. The van der Waals surface area contributed by atoms with E-state index in [0.717, 1.165) is 10.4 Å². The molecule has 0 aliphatic carbocycles. The van der Waals surface area contributed by atoms with Gasteiger partial charge in [-0.2, -0.15) is 10.5 Å². The van der Waals surface area contributed by atoms with Gasteiger partial charge in [0.1, 0.15) is 0 Å². The number of nitrogens with two attached hydrogens (primary N) is 2. The lowest BCUT2D eigenvalue weighted by atomic mass is 10.6. The van der Waals surface area contributed by atoms with E-state index in [-0.39, 0.29) is 0 Å². The fourth-order valence-electron chi connectivity index (χ4n) is 1.10. The van der Waals surface area contributed by atoms with E-state index in [2.05, 4.69) is 37.6 Å². The zero-order chi connectivity index (χ0) is 13.8. The first-order valence-corrected chi connectivity index (χ1v) is 4.38. The summed E-state index contributed by atoms with van der Waals surface area (Å²) in [5.74, 6) is 1.07. The summed E-state index contributed by atoms with van der Waals surface area (Å²) in [7, 11) is 12.1. The minimum absolute atomic E-state index is 0.767. The van der Waals surface area contributed by atoms with Crippen LogP contribution in [0.5, 0.6) is 0 Å². The number of hydrogen-bond acceptors (Lipinski definition) is 5. The molecule has 16 heavy (non-hydrogen) atoms. The molecular weight excluding hydrogens is 206 g/mol. The van der Waals surface area contributed by atoms with Crippen LogP contribution in [0.3, 0.4) is 0 Å². The second-order valence-corrected chi connectivity index (χ2v) is 3.69. The summed E-state index contributed by atoms with van der Waals surface area (Å²) in [5, 5.41) is 14.2. The average molecular weight is 228 g/mol. The van der Waals surface area contributed by atoms with Crippen LogP contribution < -0.4 is 11.5 Å². The first-order chi connectivity index (χ1) is 7.22. The highest BCUT2D eigenvalue weighted by molar-refractivity contribution is 5.72. The Balaban J connectivity index is -0.000000235. The van der Waals surface area contributed by atoms with E-state index in [9.17, 15) is 0 Å². The number of guanidine groups is 1. The average Bonchev–Trinajstić information content (AvgIpc) is 2.03. The Morgan fingerprint density at radius 2 is 1.38 bits per heavy atom. The van der Waals surface area contributed by atoms with Crippen LogP contribution in [-0.4, -0.2) is 57.6 Å². The molecule has 0 heterocycles. The fourth-order valence-corrected chi connectivity index (χ4v) is 1.10. The normalized spacial score (nSPS) is 9.38. The number of hydrogen-bond donors (Lipinski definition) is 2. The van der Waals surface area contributed by atoms with E-state index in [1.54, 1.807) is 0 Å². The van der Waals surface area contributed by atoms with Gasteiger partial charge in [0, 0.05) is 21.1 Å². The van der Waals surface area contributed by atoms with Crippen LogP contribution in [-0.2, 0) is 0 Å². The van der Waals surface area contributed by atoms with Crippen molar-refractivity contribution in [2.45, 2.75) is 0 Å². The third kappa shape index (κ3) is 14.5. The molecule has 7 heteroatoms. The number of quaternary nitrogens is 1. The van der Waals surface area contributed by atoms with E-state index < -0.39 is 0 Å². The number of nitrogens with zero attached hydrogens (tertiary/aromatic N) is 5. The van der Waals surface area contributed by atoms with Gasteiger partial charge in [-0.1, -0.05) is 0 Å². The van der Waals surface area contributed by atoms with Gasteiger partial charge in [0.25, 0.3) is 5.96 Å². The Bertz CT molecular complexity index is 249. The molecule has 0 spiro atoms. The van der Waals surface area contributed by atoms with Crippen molar-refractivity contribution in [3.8, 4) is 12.4 Å². The van der Waals surface area contributed by atoms with Crippen molar-refractivity contribution >= 4 is 5.96 Å². The molecule has 0 aromatic carbocycles. The molecule has 0 amide bonds. The van der Waals surface area contributed by atoms with Crippen molar-refractivity contribution in [2.24, 2.45) is 16.5 Å². The maximum Gasteiger partial charge on any atom is 0.298 e. The van der Waals surface area contributed by atoms with Gasteiger partial charge in [-0.15, -0.1) is 0 Å². The highest BCUT2D eigenvalue weighted by Gasteiger charge is 2.18. The third-order valence-electron chi connectivity index (χ3n) is 1.20. The van der Waals surface area contributed by atoms with Crippen molar-refractivity contribution in [3.63, 3.8) is 0 Å². The Morgan fingerprint density at radius 3 is 1.38 bits per heavy atom. The molecule has 0 rings (SSSR count). The third-order valence-corrected chi connectivity index (χ3v) is 1.20. The Labute approximate surface area is 97.8 Å². The maximum absolute atomic E-state index is 7.10. The van der Waals surface area contributed by atoms with Crippen LogP contribution >= 0.6 is 0 Å². The molecule has 0 aliphatic rings. The molecule has 0 saturated carbocycles. The van der Waals surface area contributed by atoms with E-state index >= 15 is 0 Å². The van der Waals surface area contributed by atoms with Crippen molar-refractivity contribution in [1.82, 2.24) is 4.90 Å². The van der Waals surface area contributed by atoms with Crippen LogP contribution in [0.2, 0.25) is 0 Å². The van der Waals surface area contributed by atoms with Crippen molar-refractivity contribution < 1.29 is 4.48 Å². The fraction of sp³-hybridized carbons (Fsp3) is 0.667. The SMILES string of the molecule is C/N=C(\N(C)C)[N+](C)(C)C.N#CN.N#CN. The molecule has 0 fully saturated rings. The van der Waals surface area contributed by atoms with Gasteiger partial charge in [-0.25, -0.2) is 4.99 Å². The molecule has 0 bridgehead atoms. The van der Waals surface area contributed by atoms with Gasteiger partial charge in [-0.3, -0.25) is 4.48 Å². The minimum Gasteiger partial charge on any atom is -0.337 e. The highest BCUT2D eigenvalue weighted by Crippen LogP contribution is 1.96. The summed E-state index contributed by atoms with van der Waals surface area (Å²) >= 11 is 0. The lowest BCUT2D eigenvalue weighted by molar-refractivity contribution is -0.782. The summed E-state index contributed by atoms with van der Waals surface area (Å²) in [6.45, 7) is 0. The molecular formula is C9H22N7+. The summed E-state index contributed by atoms with van der Waals surface area (Å²) in [5.41, 5.74) is 8.31. The van der Waals surface area contributed by atoms with Gasteiger partial charge in [0.15, 0.2) is 12.4 Å². The quantitative estimate of drug-likeness (QED) is 0.183. The van der Waals surface area contributed by atoms with Crippen molar-refractivity contribution in [1.29, 1.82) is 10.5 Å². The standard InChI is InChI=1S/C7H18N3.2CH2N2/c1-8-7(9(2)3)10(4,5)6;2*2-1-3/h1-6H3;2*2H2/q+1;;/b8-7+;;. The lowest BCUT2D eigenvalue weighted by Crippen LogP contribution is -2.48. The molecule has 0 aliphatic heterocycles. The Hall–Kier alpha value is -1.99. The largest absolute Gasteiger partial charge is 0.337 e. The molecule has 92 valence electrons. The first-order valence-electron chi connectivity index (χ1n) is 4.38. The van der Waals surface area contributed by atoms with Crippen LogP contribution in [0.4, 0.5) is 0 Å². The van der Waals surface area contributed by atoms with Crippen LogP contribution in [0.25, 0.3) is 0 Å². The topological polar surface area (TPSA) is 115 Å². The van der Waals surface area contributed by atoms with Crippen LogP contribution in [0.1, 0.15) is 0 Å². The van der Waals surface area contributed by atoms with Crippen molar-refractivity contribution in [3.05, 3.63) is 0 Å². The summed E-state index contributed by atoms with van der Waals surface area (Å²) in [6.07, 6.45) is 2.50. The predicted octanol–water partition coefficient (Wildman–Crippen LogP) is -0.908. The second-order valence-electron chi connectivity index (χ2n) is 3.69. The zero-order valence-electron chi connectivity index (χ0n) is 10.9. The smallest absolute Gasteiger partial charge is 0.298 e. The highest BCUT2D eigenvalue weighted by atomic mass is 15.4. The number of rotatable bonds is 0. The molecule has 7 nitrogen and oxygen atoms in total. The monoisotopic (exact) mass is 228 g/mol. The van der Waals surface area contributed by atoms with E-state index in [0.29, 0.717) is 0 Å². The van der Waals surface area contributed by atoms with Gasteiger partial charge in [0.05, 0.1) is 21.1 Å². The molecule has 0 aromatic heterocycles. The van der Waals surface area contributed by atoms with Gasteiger partial charge in [0.2, 0.25) is 0 Å².